The van der Waals surface area contributed by atoms with E-state index in [0.29, 0.717) is 34.7 Å². The molecule has 4 nitrogen and oxygen atoms in total. The van der Waals surface area contributed by atoms with E-state index < -0.39 is 5.63 Å². The molecule has 0 unspecified atom stereocenters. The van der Waals surface area contributed by atoms with Crippen molar-refractivity contribution in [3.8, 4) is 16.9 Å². The first-order valence-corrected chi connectivity index (χ1v) is 9.84. The second-order valence-corrected chi connectivity index (χ2v) is 7.68. The van der Waals surface area contributed by atoms with Crippen LogP contribution in [0.5, 0.6) is 5.75 Å². The molecule has 0 saturated carbocycles. The van der Waals surface area contributed by atoms with Gasteiger partial charge in [0, 0.05) is 22.2 Å². The van der Waals surface area contributed by atoms with Crippen molar-refractivity contribution in [1.29, 1.82) is 0 Å². The van der Waals surface area contributed by atoms with Gasteiger partial charge in [0.15, 0.2) is 6.73 Å². The molecule has 0 radical (unpaired) electrons. The molecule has 0 atom stereocenters. The van der Waals surface area contributed by atoms with Crippen molar-refractivity contribution >= 4 is 39.9 Å². The molecule has 4 aromatic rings. The van der Waals surface area contributed by atoms with Crippen LogP contribution < -0.4 is 15.3 Å². The van der Waals surface area contributed by atoms with Gasteiger partial charge in [-0.15, -0.1) is 0 Å². The van der Waals surface area contributed by atoms with Crippen LogP contribution >= 0.6 is 23.2 Å². The number of benzene rings is 3. The molecule has 3 aromatic carbocycles. The van der Waals surface area contributed by atoms with E-state index in [2.05, 4.69) is 0 Å². The number of ether oxygens (including phenoxy) is 1. The van der Waals surface area contributed by atoms with Gasteiger partial charge in [-0.2, -0.15) is 0 Å². The van der Waals surface area contributed by atoms with Crippen molar-refractivity contribution in [1.82, 2.24) is 0 Å². The molecule has 0 amide bonds. The monoisotopic (exact) mass is 423 g/mol. The summed E-state index contributed by atoms with van der Waals surface area (Å²) in [6, 6.07) is 20.5. The zero-order valence-electron chi connectivity index (χ0n) is 15.2. The predicted octanol–water partition coefficient (Wildman–Crippen LogP) is 6.12. The quantitative estimate of drug-likeness (QED) is 0.364. The Bertz CT molecular complexity index is 1280. The Morgan fingerprint density at radius 2 is 1.76 bits per heavy atom. The van der Waals surface area contributed by atoms with Gasteiger partial charge in [0.05, 0.1) is 17.1 Å². The van der Waals surface area contributed by atoms with Crippen LogP contribution in [0.1, 0.15) is 5.56 Å². The van der Waals surface area contributed by atoms with Crippen molar-refractivity contribution < 1.29 is 9.15 Å². The summed E-state index contributed by atoms with van der Waals surface area (Å²) in [6.07, 6.45) is 0. The molecule has 2 heterocycles. The highest BCUT2D eigenvalue weighted by Crippen LogP contribution is 2.42. The summed E-state index contributed by atoms with van der Waals surface area (Å²) in [5.74, 6) is 0.547. The molecule has 0 aliphatic carbocycles. The van der Waals surface area contributed by atoms with E-state index >= 15 is 0 Å². The smallest absolute Gasteiger partial charge is 0.336 e. The van der Waals surface area contributed by atoms with Gasteiger partial charge in [-0.1, -0.05) is 59.6 Å². The summed E-state index contributed by atoms with van der Waals surface area (Å²) in [6.45, 7) is 0.801. The molecular weight excluding hydrogens is 409 g/mol. The van der Waals surface area contributed by atoms with E-state index in [-0.39, 0.29) is 0 Å². The lowest BCUT2D eigenvalue weighted by atomic mass is 9.99. The maximum Gasteiger partial charge on any atom is 0.336 e. The highest BCUT2D eigenvalue weighted by atomic mass is 35.5. The van der Waals surface area contributed by atoms with Gasteiger partial charge < -0.3 is 14.1 Å². The topological polar surface area (TPSA) is 42.7 Å². The molecule has 6 heteroatoms. The summed E-state index contributed by atoms with van der Waals surface area (Å²) in [4.78, 5) is 14.4. The molecule has 1 aliphatic rings. The molecule has 0 fully saturated rings. The Morgan fingerprint density at radius 1 is 0.931 bits per heavy atom. The molecule has 0 saturated heterocycles. The number of fused-ring (bicyclic) bond motifs is 3. The minimum Gasteiger partial charge on any atom is -0.471 e. The van der Waals surface area contributed by atoms with Gasteiger partial charge in [0.25, 0.3) is 0 Å². The molecule has 1 aliphatic heterocycles. The van der Waals surface area contributed by atoms with Crippen LogP contribution in [0, 0.1) is 0 Å². The van der Waals surface area contributed by atoms with Gasteiger partial charge >= 0.3 is 5.63 Å². The number of rotatable bonds is 2. The first-order chi connectivity index (χ1) is 14.1. The lowest BCUT2D eigenvalue weighted by molar-refractivity contribution is 0.289. The molecule has 144 valence electrons. The Hall–Kier alpha value is -2.95. The lowest BCUT2D eigenvalue weighted by Gasteiger charge is -2.31. The van der Waals surface area contributed by atoms with Crippen LogP contribution in [-0.2, 0) is 6.54 Å². The largest absolute Gasteiger partial charge is 0.471 e. The number of anilines is 1. The third-order valence-corrected chi connectivity index (χ3v) is 5.52. The molecule has 0 spiro atoms. The average Bonchev–Trinajstić information content (AvgIpc) is 2.74. The van der Waals surface area contributed by atoms with Crippen LogP contribution in [0.15, 0.2) is 75.9 Å². The van der Waals surface area contributed by atoms with Crippen LogP contribution in [0.4, 0.5) is 5.69 Å². The van der Waals surface area contributed by atoms with E-state index in [4.69, 9.17) is 32.4 Å². The highest BCUT2D eigenvalue weighted by molar-refractivity contribution is 6.33. The molecule has 1 aromatic heterocycles. The Morgan fingerprint density at radius 3 is 2.55 bits per heavy atom. The molecule has 29 heavy (non-hydrogen) atoms. The van der Waals surface area contributed by atoms with Crippen molar-refractivity contribution in [2.24, 2.45) is 0 Å². The fourth-order valence-corrected chi connectivity index (χ4v) is 4.15. The van der Waals surface area contributed by atoms with E-state index in [0.717, 1.165) is 27.8 Å². The predicted molar refractivity (Wildman–Crippen MR) is 116 cm³/mol. The first kappa shape index (κ1) is 18.1. The highest BCUT2D eigenvalue weighted by Gasteiger charge is 2.26. The zero-order chi connectivity index (χ0) is 20.0. The van der Waals surface area contributed by atoms with Gasteiger partial charge in [-0.05, 0) is 35.4 Å². The maximum absolute atomic E-state index is 12.4. The van der Waals surface area contributed by atoms with Gasteiger partial charge in [-0.3, -0.25) is 0 Å². The maximum atomic E-state index is 12.4. The van der Waals surface area contributed by atoms with E-state index in [1.165, 1.54) is 6.07 Å². The van der Waals surface area contributed by atoms with Gasteiger partial charge in [0.1, 0.15) is 11.3 Å². The molecular formula is C23H15Cl2NO3. The first-order valence-electron chi connectivity index (χ1n) is 9.08. The summed E-state index contributed by atoms with van der Waals surface area (Å²) in [7, 11) is 0. The average molecular weight is 424 g/mol. The number of hydrogen-bond donors (Lipinski definition) is 0. The summed E-state index contributed by atoms with van der Waals surface area (Å²) in [5, 5.41) is 1.91. The Labute approximate surface area is 176 Å². The normalized spacial score (nSPS) is 13.2. The van der Waals surface area contributed by atoms with E-state index in [1.54, 1.807) is 6.07 Å². The van der Waals surface area contributed by atoms with Gasteiger partial charge in [0.2, 0.25) is 0 Å². The van der Waals surface area contributed by atoms with Crippen molar-refractivity contribution in [2.45, 2.75) is 6.54 Å². The van der Waals surface area contributed by atoms with Crippen LogP contribution in [-0.4, -0.2) is 6.73 Å². The zero-order valence-corrected chi connectivity index (χ0v) is 16.7. The van der Waals surface area contributed by atoms with Crippen molar-refractivity contribution in [3.05, 3.63) is 92.8 Å². The van der Waals surface area contributed by atoms with Crippen LogP contribution in [0.2, 0.25) is 10.0 Å². The number of nitrogens with zero attached hydrogens (tertiary/aromatic N) is 1. The number of halogens is 2. The van der Waals surface area contributed by atoms with Crippen LogP contribution in [0.25, 0.3) is 22.1 Å². The lowest BCUT2D eigenvalue weighted by Crippen LogP contribution is -2.32. The molecule has 0 N–H and O–H groups in total. The SMILES string of the molecule is O=c1cc(-c2ccccc2)c2cc(Cl)c3c(c2o1)CN(c1cccc(Cl)c1)CO3. The number of hydrogen-bond acceptors (Lipinski definition) is 4. The van der Waals surface area contributed by atoms with Gasteiger partial charge in [-0.25, -0.2) is 4.79 Å². The van der Waals surface area contributed by atoms with Crippen LogP contribution in [0.3, 0.4) is 0 Å². The summed E-state index contributed by atoms with van der Waals surface area (Å²) < 4.78 is 11.6. The summed E-state index contributed by atoms with van der Waals surface area (Å²) >= 11 is 12.7. The second kappa shape index (κ2) is 7.14. The second-order valence-electron chi connectivity index (χ2n) is 6.84. The third kappa shape index (κ3) is 3.24. The fraction of sp³-hybridized carbons (Fsp3) is 0.0870. The molecule has 0 bridgehead atoms. The standard InChI is InChI=1S/C23H15Cl2NO3/c24-15-7-4-8-16(9-15)26-12-19-22-18(10-20(25)23(19)28-13-26)17(11-21(27)29-22)14-5-2-1-3-6-14/h1-11H,12-13H2. The minimum atomic E-state index is -0.416. The van der Waals surface area contributed by atoms with Crippen molar-refractivity contribution in [3.63, 3.8) is 0 Å². The Kier molecular flexibility index (Phi) is 4.46. The minimum absolute atomic E-state index is 0.321. The Balaban J connectivity index is 1.71. The van der Waals surface area contributed by atoms with E-state index in [1.807, 2.05) is 59.5 Å². The third-order valence-electron chi connectivity index (χ3n) is 5.01. The van der Waals surface area contributed by atoms with Crippen molar-refractivity contribution in [2.75, 3.05) is 11.6 Å². The fourth-order valence-electron chi connectivity index (χ4n) is 3.68. The van der Waals surface area contributed by atoms with E-state index in [9.17, 15) is 4.79 Å². The summed E-state index contributed by atoms with van der Waals surface area (Å²) in [5.41, 5.74) is 3.43. The molecule has 5 rings (SSSR count).